The Morgan fingerprint density at radius 3 is 2.15 bits per heavy atom. The first-order valence-electron chi connectivity index (χ1n) is 9.80. The van der Waals surface area contributed by atoms with Crippen molar-refractivity contribution in [2.24, 2.45) is 5.92 Å². The quantitative estimate of drug-likeness (QED) is 0.774. The Morgan fingerprint density at radius 1 is 1.07 bits per heavy atom. The summed E-state index contributed by atoms with van der Waals surface area (Å²) < 4.78 is 5.75. The number of aliphatic hydroxyl groups excluding tert-OH is 1. The van der Waals surface area contributed by atoms with Crippen molar-refractivity contribution >= 4 is 6.09 Å². The number of carbonyl (C=O) groups excluding carboxylic acids is 1. The van der Waals surface area contributed by atoms with Crippen LogP contribution in [0, 0.1) is 5.92 Å². The molecule has 1 N–H and O–H groups in total. The number of benzene rings is 2. The maximum Gasteiger partial charge on any atom is 0.410 e. The van der Waals surface area contributed by atoms with Crippen molar-refractivity contribution in [2.75, 3.05) is 19.8 Å². The summed E-state index contributed by atoms with van der Waals surface area (Å²) in [5.41, 5.74) is 4.84. The van der Waals surface area contributed by atoms with Gasteiger partial charge in [0.05, 0.1) is 6.61 Å². The van der Waals surface area contributed by atoms with Gasteiger partial charge < -0.3 is 14.7 Å². The van der Waals surface area contributed by atoms with Crippen molar-refractivity contribution in [1.82, 2.24) is 4.90 Å². The molecule has 144 valence electrons. The van der Waals surface area contributed by atoms with Crippen molar-refractivity contribution < 1.29 is 14.6 Å². The Kier molecular flexibility index (Phi) is 6.17. The minimum Gasteiger partial charge on any atom is -0.448 e. The molecule has 0 saturated heterocycles. The van der Waals surface area contributed by atoms with Crippen LogP contribution in [0.5, 0.6) is 0 Å². The van der Waals surface area contributed by atoms with Gasteiger partial charge in [-0.1, -0.05) is 68.8 Å². The van der Waals surface area contributed by atoms with Gasteiger partial charge in [0, 0.05) is 18.5 Å². The standard InChI is InChI=1S/C23H29NO3/c1-4-16(2)17(3)24(13-14-25)23(26)27-15-22-20-11-7-5-9-18(20)19-10-6-8-12-21(19)22/h5-12,16-17,22,25H,4,13-15H2,1-3H3. The second-order valence-corrected chi connectivity index (χ2v) is 7.35. The van der Waals surface area contributed by atoms with Gasteiger partial charge in [0.2, 0.25) is 0 Å². The van der Waals surface area contributed by atoms with Crippen LogP contribution in [0.1, 0.15) is 44.2 Å². The zero-order valence-corrected chi connectivity index (χ0v) is 16.4. The third-order valence-electron chi connectivity index (χ3n) is 5.87. The normalized spacial score (nSPS) is 15.0. The lowest BCUT2D eigenvalue weighted by Gasteiger charge is -2.32. The van der Waals surface area contributed by atoms with Crippen LogP contribution in [0.25, 0.3) is 11.1 Å². The zero-order valence-electron chi connectivity index (χ0n) is 16.4. The largest absolute Gasteiger partial charge is 0.448 e. The van der Waals surface area contributed by atoms with Crippen LogP contribution >= 0.6 is 0 Å². The predicted octanol–water partition coefficient (Wildman–Crippen LogP) is 4.66. The molecule has 2 unspecified atom stereocenters. The number of hydrogen-bond donors (Lipinski definition) is 1. The molecule has 0 bridgehead atoms. The minimum absolute atomic E-state index is 0.0257. The van der Waals surface area contributed by atoms with Gasteiger partial charge in [-0.3, -0.25) is 0 Å². The number of rotatable bonds is 7. The third kappa shape index (κ3) is 3.86. The van der Waals surface area contributed by atoms with E-state index in [1.54, 1.807) is 4.90 Å². The van der Waals surface area contributed by atoms with Crippen LogP contribution in [-0.2, 0) is 4.74 Å². The highest BCUT2D eigenvalue weighted by atomic mass is 16.6. The fourth-order valence-electron chi connectivity index (χ4n) is 3.89. The fraction of sp³-hybridized carbons (Fsp3) is 0.435. The Balaban J connectivity index is 1.76. The van der Waals surface area contributed by atoms with Gasteiger partial charge in [0.15, 0.2) is 0 Å². The van der Waals surface area contributed by atoms with Crippen molar-refractivity contribution in [3.63, 3.8) is 0 Å². The molecular weight excluding hydrogens is 338 g/mol. The first-order valence-corrected chi connectivity index (χ1v) is 9.80. The van der Waals surface area contributed by atoms with E-state index in [-0.39, 0.29) is 24.7 Å². The highest BCUT2D eigenvalue weighted by molar-refractivity contribution is 5.79. The summed E-state index contributed by atoms with van der Waals surface area (Å²) in [6.45, 7) is 6.78. The van der Waals surface area contributed by atoms with Crippen LogP contribution in [-0.4, -0.2) is 41.9 Å². The van der Waals surface area contributed by atoms with Crippen LogP contribution in [0.2, 0.25) is 0 Å². The summed E-state index contributed by atoms with van der Waals surface area (Å²) in [7, 11) is 0. The summed E-state index contributed by atoms with van der Waals surface area (Å²) >= 11 is 0. The summed E-state index contributed by atoms with van der Waals surface area (Å²) in [6, 6.07) is 16.6. The molecule has 27 heavy (non-hydrogen) atoms. The minimum atomic E-state index is -0.348. The number of fused-ring (bicyclic) bond motifs is 3. The molecule has 3 rings (SSSR count). The van der Waals surface area contributed by atoms with Crippen LogP contribution in [0.4, 0.5) is 4.79 Å². The maximum atomic E-state index is 12.8. The highest BCUT2D eigenvalue weighted by Gasteiger charge is 2.31. The van der Waals surface area contributed by atoms with E-state index >= 15 is 0 Å². The van der Waals surface area contributed by atoms with E-state index in [2.05, 4.69) is 38.1 Å². The second-order valence-electron chi connectivity index (χ2n) is 7.35. The van der Waals surface area contributed by atoms with E-state index in [4.69, 9.17) is 4.74 Å². The Morgan fingerprint density at radius 2 is 1.63 bits per heavy atom. The van der Waals surface area contributed by atoms with Crippen LogP contribution in [0.3, 0.4) is 0 Å². The summed E-state index contributed by atoms with van der Waals surface area (Å²) in [4.78, 5) is 14.4. The van der Waals surface area contributed by atoms with Gasteiger partial charge in [-0.2, -0.15) is 0 Å². The Bertz CT molecular complexity index is 743. The highest BCUT2D eigenvalue weighted by Crippen LogP contribution is 2.44. The Hall–Kier alpha value is -2.33. The lowest BCUT2D eigenvalue weighted by atomic mass is 9.98. The van der Waals surface area contributed by atoms with Gasteiger partial charge in [0.25, 0.3) is 0 Å². The lowest BCUT2D eigenvalue weighted by molar-refractivity contribution is 0.0664. The van der Waals surface area contributed by atoms with Gasteiger partial charge in [-0.25, -0.2) is 4.79 Å². The molecule has 0 radical (unpaired) electrons. The van der Waals surface area contributed by atoms with Crippen molar-refractivity contribution in [3.8, 4) is 11.1 Å². The molecule has 0 heterocycles. The van der Waals surface area contributed by atoms with Crippen molar-refractivity contribution in [2.45, 2.75) is 39.2 Å². The average molecular weight is 367 g/mol. The van der Waals surface area contributed by atoms with Gasteiger partial charge >= 0.3 is 6.09 Å². The first kappa shape index (κ1) is 19.4. The molecule has 2 aromatic rings. The van der Waals surface area contributed by atoms with Crippen LogP contribution < -0.4 is 0 Å². The van der Waals surface area contributed by atoms with Crippen molar-refractivity contribution in [3.05, 3.63) is 59.7 Å². The average Bonchev–Trinajstić information content (AvgIpc) is 3.03. The molecule has 4 nitrogen and oxygen atoms in total. The Labute approximate surface area is 161 Å². The van der Waals surface area contributed by atoms with Crippen molar-refractivity contribution in [1.29, 1.82) is 0 Å². The summed E-state index contributed by atoms with van der Waals surface area (Å²) in [5.74, 6) is 0.397. The van der Waals surface area contributed by atoms with E-state index in [0.717, 1.165) is 6.42 Å². The molecule has 1 aliphatic rings. The number of ether oxygens (including phenoxy) is 1. The van der Waals surface area contributed by atoms with E-state index in [9.17, 15) is 9.90 Å². The SMILES string of the molecule is CCC(C)C(C)N(CCO)C(=O)OCC1c2ccccc2-c2ccccc21. The third-order valence-corrected chi connectivity index (χ3v) is 5.87. The number of nitrogens with zero attached hydrogens (tertiary/aromatic N) is 1. The summed E-state index contributed by atoms with van der Waals surface area (Å²) in [6.07, 6.45) is 0.624. The predicted molar refractivity (Wildman–Crippen MR) is 108 cm³/mol. The monoisotopic (exact) mass is 367 g/mol. The number of aliphatic hydroxyl groups is 1. The molecule has 1 amide bonds. The first-order chi connectivity index (χ1) is 13.1. The van der Waals surface area contributed by atoms with Gasteiger partial charge in [-0.05, 0) is 35.1 Å². The number of carbonyl (C=O) groups is 1. The molecule has 2 aromatic carbocycles. The molecule has 0 saturated carbocycles. The molecule has 2 atom stereocenters. The topological polar surface area (TPSA) is 49.8 Å². The maximum absolute atomic E-state index is 12.8. The van der Waals surface area contributed by atoms with Gasteiger partial charge in [0.1, 0.15) is 6.61 Å². The molecular formula is C23H29NO3. The fourth-order valence-corrected chi connectivity index (χ4v) is 3.89. The second kappa shape index (κ2) is 8.57. The van der Waals surface area contributed by atoms with E-state index in [1.807, 2.05) is 31.2 Å². The molecule has 0 aliphatic heterocycles. The molecule has 0 aromatic heterocycles. The molecule has 0 fully saturated rings. The summed E-state index contributed by atoms with van der Waals surface area (Å²) in [5, 5.41) is 9.38. The van der Waals surface area contributed by atoms with E-state index < -0.39 is 0 Å². The smallest absolute Gasteiger partial charge is 0.410 e. The zero-order chi connectivity index (χ0) is 19.4. The number of hydrogen-bond acceptors (Lipinski definition) is 3. The molecule has 0 spiro atoms. The van der Waals surface area contributed by atoms with E-state index in [0.29, 0.717) is 19.1 Å². The molecule has 1 aliphatic carbocycles. The van der Waals surface area contributed by atoms with Crippen LogP contribution in [0.15, 0.2) is 48.5 Å². The molecule has 4 heteroatoms. The lowest BCUT2D eigenvalue weighted by Crippen LogP contribution is -2.44. The van der Waals surface area contributed by atoms with E-state index in [1.165, 1.54) is 22.3 Å². The van der Waals surface area contributed by atoms with Gasteiger partial charge in [-0.15, -0.1) is 0 Å². The number of amides is 1.